The molecule has 7 nitrogen and oxygen atoms in total. The molecule has 20 heavy (non-hydrogen) atoms. The molecule has 0 fully saturated rings. The van der Waals surface area contributed by atoms with Gasteiger partial charge in [0, 0.05) is 0 Å². The van der Waals surface area contributed by atoms with Gasteiger partial charge in [-0.2, -0.15) is 4.68 Å². The standard InChI is InChI=1S/C12H16N3O4P/c1-3-18-20(17,19-4-2)9-12(16)15-11-8-6-5-7-10(11)13-14-15/h5-8H,3-4,9H2,1-2H3. The molecule has 0 unspecified atom stereocenters. The number of rotatable bonds is 6. The number of para-hydroxylation sites is 1. The second kappa shape index (κ2) is 6.26. The highest BCUT2D eigenvalue weighted by Crippen LogP contribution is 2.47. The predicted octanol–water partition coefficient (Wildman–Crippen LogP) is 2.34. The number of aromatic nitrogens is 3. The summed E-state index contributed by atoms with van der Waals surface area (Å²) in [6, 6.07) is 7.05. The third kappa shape index (κ3) is 3.12. The Kier molecular flexibility index (Phi) is 4.65. The van der Waals surface area contributed by atoms with Crippen molar-refractivity contribution in [2.24, 2.45) is 0 Å². The first-order valence-corrected chi connectivity index (χ1v) is 8.04. The molecule has 0 amide bonds. The Balaban J connectivity index is 2.25. The summed E-state index contributed by atoms with van der Waals surface area (Å²) in [6.07, 6.45) is -0.359. The van der Waals surface area contributed by atoms with Crippen molar-refractivity contribution in [3.8, 4) is 0 Å². The van der Waals surface area contributed by atoms with Crippen molar-refractivity contribution >= 4 is 24.5 Å². The smallest absolute Gasteiger partial charge is 0.309 e. The molecule has 1 aromatic heterocycles. The van der Waals surface area contributed by atoms with Gasteiger partial charge in [-0.1, -0.05) is 17.3 Å². The molecule has 1 heterocycles. The quantitative estimate of drug-likeness (QED) is 0.761. The van der Waals surface area contributed by atoms with E-state index < -0.39 is 13.5 Å². The molecule has 0 aliphatic carbocycles. The molecule has 0 saturated carbocycles. The minimum Gasteiger partial charge on any atom is -0.309 e. The van der Waals surface area contributed by atoms with Crippen molar-refractivity contribution in [1.82, 2.24) is 15.0 Å². The molecule has 0 aliphatic rings. The minimum atomic E-state index is -3.43. The monoisotopic (exact) mass is 297 g/mol. The van der Waals surface area contributed by atoms with Gasteiger partial charge in [0.2, 0.25) is 0 Å². The molecule has 0 atom stereocenters. The maximum Gasteiger partial charge on any atom is 0.340 e. The van der Waals surface area contributed by atoms with E-state index in [1.807, 2.05) is 0 Å². The largest absolute Gasteiger partial charge is 0.340 e. The minimum absolute atomic E-state index is 0.211. The summed E-state index contributed by atoms with van der Waals surface area (Å²) in [7, 11) is -3.43. The lowest BCUT2D eigenvalue weighted by Crippen LogP contribution is -2.18. The molecule has 0 bridgehead atoms. The number of hydrogen-bond acceptors (Lipinski definition) is 6. The van der Waals surface area contributed by atoms with Crippen molar-refractivity contribution in [2.45, 2.75) is 13.8 Å². The van der Waals surface area contributed by atoms with Crippen LogP contribution in [0.3, 0.4) is 0 Å². The lowest BCUT2D eigenvalue weighted by atomic mass is 10.3. The number of benzene rings is 1. The van der Waals surface area contributed by atoms with Gasteiger partial charge in [-0.3, -0.25) is 9.36 Å². The van der Waals surface area contributed by atoms with Crippen molar-refractivity contribution in [3.63, 3.8) is 0 Å². The van der Waals surface area contributed by atoms with Gasteiger partial charge in [-0.25, -0.2) is 0 Å². The highest BCUT2D eigenvalue weighted by Gasteiger charge is 2.29. The first-order chi connectivity index (χ1) is 9.59. The van der Waals surface area contributed by atoms with Crippen LogP contribution in [-0.4, -0.2) is 40.3 Å². The molecule has 8 heteroatoms. The summed E-state index contributed by atoms with van der Waals surface area (Å²) >= 11 is 0. The molecular weight excluding hydrogens is 281 g/mol. The molecule has 108 valence electrons. The number of carbonyl (C=O) groups is 1. The van der Waals surface area contributed by atoms with Gasteiger partial charge in [-0.05, 0) is 26.0 Å². The SMILES string of the molecule is CCOP(=O)(CC(=O)n1nnc2ccccc21)OCC. The summed E-state index contributed by atoms with van der Waals surface area (Å²) in [5.41, 5.74) is 1.17. The van der Waals surface area contributed by atoms with Crippen molar-refractivity contribution in [3.05, 3.63) is 24.3 Å². The Labute approximate surface area is 116 Å². The van der Waals surface area contributed by atoms with E-state index in [0.29, 0.717) is 11.0 Å². The predicted molar refractivity (Wildman–Crippen MR) is 73.9 cm³/mol. The maximum absolute atomic E-state index is 12.3. The Hall–Kier alpha value is -1.56. The molecule has 0 N–H and O–H groups in total. The summed E-state index contributed by atoms with van der Waals surface area (Å²) in [5.74, 6) is -0.469. The zero-order valence-corrected chi connectivity index (χ0v) is 12.2. The normalized spacial score (nSPS) is 11.9. The third-order valence-electron chi connectivity index (χ3n) is 2.57. The molecule has 0 aliphatic heterocycles. The third-order valence-corrected chi connectivity index (χ3v) is 4.53. The van der Waals surface area contributed by atoms with Gasteiger partial charge in [-0.15, -0.1) is 5.10 Å². The van der Waals surface area contributed by atoms with Gasteiger partial charge in [0.15, 0.2) is 0 Å². The van der Waals surface area contributed by atoms with Crippen LogP contribution < -0.4 is 0 Å². The number of fused-ring (bicyclic) bond motifs is 1. The average molecular weight is 297 g/mol. The van der Waals surface area contributed by atoms with Gasteiger partial charge in [0.1, 0.15) is 11.7 Å². The van der Waals surface area contributed by atoms with Gasteiger partial charge < -0.3 is 9.05 Å². The molecule has 1 aromatic carbocycles. The van der Waals surface area contributed by atoms with Crippen LogP contribution in [0, 0.1) is 0 Å². The maximum atomic E-state index is 12.3. The Morgan fingerprint density at radius 3 is 2.55 bits per heavy atom. The van der Waals surface area contributed by atoms with E-state index in [-0.39, 0.29) is 19.4 Å². The van der Waals surface area contributed by atoms with Crippen LogP contribution in [0.4, 0.5) is 0 Å². The number of hydrogen-bond donors (Lipinski definition) is 0. The van der Waals surface area contributed by atoms with Crippen LogP contribution in [0.15, 0.2) is 24.3 Å². The van der Waals surface area contributed by atoms with E-state index in [0.717, 1.165) is 4.68 Å². The van der Waals surface area contributed by atoms with E-state index in [1.54, 1.807) is 38.1 Å². The first-order valence-electron chi connectivity index (χ1n) is 6.31. The molecule has 0 radical (unpaired) electrons. The summed E-state index contributed by atoms with van der Waals surface area (Å²) in [6.45, 7) is 3.81. The van der Waals surface area contributed by atoms with E-state index in [2.05, 4.69) is 10.3 Å². The van der Waals surface area contributed by atoms with Gasteiger partial charge in [0.25, 0.3) is 5.91 Å². The second-order valence-corrected chi connectivity index (χ2v) is 6.04. The van der Waals surface area contributed by atoms with Crippen LogP contribution in [0.5, 0.6) is 0 Å². The molecule has 0 saturated heterocycles. The van der Waals surface area contributed by atoms with Crippen LogP contribution in [0.1, 0.15) is 18.6 Å². The van der Waals surface area contributed by atoms with Crippen LogP contribution in [-0.2, 0) is 13.6 Å². The highest BCUT2D eigenvalue weighted by atomic mass is 31.2. The van der Waals surface area contributed by atoms with E-state index in [4.69, 9.17) is 9.05 Å². The zero-order chi connectivity index (χ0) is 14.6. The second-order valence-electron chi connectivity index (χ2n) is 3.99. The molecule has 0 spiro atoms. The molecule has 2 aromatic rings. The summed E-state index contributed by atoms with van der Waals surface area (Å²) in [5, 5.41) is 7.67. The average Bonchev–Trinajstić information content (AvgIpc) is 2.82. The Morgan fingerprint density at radius 1 is 1.25 bits per heavy atom. The highest BCUT2D eigenvalue weighted by molar-refractivity contribution is 7.54. The number of nitrogens with zero attached hydrogens (tertiary/aromatic N) is 3. The lowest BCUT2D eigenvalue weighted by molar-refractivity contribution is 0.0916. The fourth-order valence-electron chi connectivity index (χ4n) is 1.81. The van der Waals surface area contributed by atoms with Crippen molar-refractivity contribution in [2.75, 3.05) is 19.4 Å². The Morgan fingerprint density at radius 2 is 1.90 bits per heavy atom. The summed E-state index contributed by atoms with van der Waals surface area (Å²) < 4.78 is 23.7. The number of carbonyl (C=O) groups excluding carboxylic acids is 1. The molecule has 2 rings (SSSR count). The van der Waals surface area contributed by atoms with E-state index in [1.165, 1.54) is 0 Å². The van der Waals surface area contributed by atoms with Gasteiger partial charge in [0.05, 0.1) is 18.7 Å². The van der Waals surface area contributed by atoms with Crippen LogP contribution >= 0.6 is 7.60 Å². The van der Waals surface area contributed by atoms with Gasteiger partial charge >= 0.3 is 7.60 Å². The molecular formula is C12H16N3O4P. The van der Waals surface area contributed by atoms with E-state index in [9.17, 15) is 9.36 Å². The first kappa shape index (κ1) is 14.8. The van der Waals surface area contributed by atoms with E-state index >= 15 is 0 Å². The van der Waals surface area contributed by atoms with Crippen LogP contribution in [0.25, 0.3) is 11.0 Å². The fraction of sp³-hybridized carbons (Fsp3) is 0.417. The lowest BCUT2D eigenvalue weighted by Gasteiger charge is -2.15. The topological polar surface area (TPSA) is 83.3 Å². The fourth-order valence-corrected chi connectivity index (χ4v) is 3.32. The Bertz CT molecular complexity index is 645. The van der Waals surface area contributed by atoms with Crippen molar-refractivity contribution in [1.29, 1.82) is 0 Å². The van der Waals surface area contributed by atoms with Crippen molar-refractivity contribution < 1.29 is 18.4 Å². The summed E-state index contributed by atoms with van der Waals surface area (Å²) in [4.78, 5) is 12.2. The zero-order valence-electron chi connectivity index (χ0n) is 11.4. The van der Waals surface area contributed by atoms with Crippen LogP contribution in [0.2, 0.25) is 0 Å².